The highest BCUT2D eigenvalue weighted by Gasteiger charge is 2.21. The Balaban J connectivity index is 2.30. The first kappa shape index (κ1) is 18.0. The molecule has 2 aromatic rings. The minimum absolute atomic E-state index is 0.180. The Morgan fingerprint density at radius 3 is 2.04 bits per heavy atom. The van der Waals surface area contributed by atoms with Crippen LogP contribution in [0.5, 0.6) is 0 Å². The number of sulfonamides is 1. The lowest BCUT2D eigenvalue weighted by molar-refractivity contribution is -0.530. The van der Waals surface area contributed by atoms with Gasteiger partial charge < -0.3 is 5.21 Å². The second-order valence-electron chi connectivity index (χ2n) is 6.50. The number of nitrogens with zero attached hydrogens (tertiary/aromatic N) is 2. The van der Waals surface area contributed by atoms with Crippen LogP contribution in [0.1, 0.15) is 26.3 Å². The third-order valence-electron chi connectivity index (χ3n) is 3.59. The fraction of sp³-hybridized carbons (Fsp3) is 0.278. The number of hydrogen-bond acceptors (Lipinski definition) is 3. The molecule has 0 saturated carbocycles. The second kappa shape index (κ2) is 6.65. The highest BCUT2D eigenvalue weighted by Crippen LogP contribution is 2.21. The van der Waals surface area contributed by atoms with E-state index < -0.39 is 15.6 Å². The van der Waals surface area contributed by atoms with Gasteiger partial charge in [0, 0.05) is 33.4 Å². The molecule has 0 spiro atoms. The molecule has 0 saturated heterocycles. The molecule has 0 amide bonds. The predicted molar refractivity (Wildman–Crippen MR) is 97.0 cm³/mol. The monoisotopic (exact) mass is 346 g/mol. The topological polar surface area (TPSA) is 63.5 Å². The molecule has 0 radical (unpaired) electrons. The molecule has 0 N–H and O–H groups in total. The minimum atomic E-state index is -3.64. The van der Waals surface area contributed by atoms with Gasteiger partial charge in [-0.2, -0.15) is 0 Å². The molecule has 2 rings (SSSR count). The van der Waals surface area contributed by atoms with E-state index in [9.17, 15) is 13.6 Å². The lowest BCUT2D eigenvalue weighted by Crippen LogP contribution is -2.29. The largest absolute Gasteiger partial charge is 0.623 e. The number of hydroxylamine groups is 1. The van der Waals surface area contributed by atoms with Gasteiger partial charge in [0.25, 0.3) is 10.0 Å². The van der Waals surface area contributed by atoms with Gasteiger partial charge in [0.05, 0.1) is 10.6 Å². The van der Waals surface area contributed by atoms with Crippen molar-refractivity contribution in [1.29, 1.82) is 0 Å². The molecule has 0 fully saturated rings. The third kappa shape index (κ3) is 3.94. The van der Waals surface area contributed by atoms with Crippen LogP contribution in [0, 0.1) is 5.21 Å². The highest BCUT2D eigenvalue weighted by atomic mass is 32.2. The zero-order chi connectivity index (χ0) is 18.0. The number of anilines is 1. The number of hydrogen-bond donors (Lipinski definition) is 0. The Bertz CT molecular complexity index is 821. The number of benzene rings is 2. The average molecular weight is 346 g/mol. The third-order valence-corrected chi connectivity index (χ3v) is 5.39. The molecule has 0 aliphatic carbocycles. The summed E-state index contributed by atoms with van der Waals surface area (Å²) in [7, 11) is -2.12. The standard InChI is InChI=1S/C18H22N2O3S/c1-18(2,3)20(21)14-15-10-12-17(13-11-15)24(22,23)19(4)16-8-6-5-7-9-16/h5-14H,1-4H3. The summed E-state index contributed by atoms with van der Waals surface area (Å²) >= 11 is 0. The van der Waals surface area contributed by atoms with E-state index in [1.807, 2.05) is 26.8 Å². The van der Waals surface area contributed by atoms with E-state index >= 15 is 0 Å². The van der Waals surface area contributed by atoms with Gasteiger partial charge in [-0.25, -0.2) is 13.2 Å². The molecular formula is C18H22N2O3S. The van der Waals surface area contributed by atoms with E-state index in [1.54, 1.807) is 36.4 Å². The fourth-order valence-electron chi connectivity index (χ4n) is 1.99. The smallest absolute Gasteiger partial charge is 0.264 e. The Morgan fingerprint density at radius 2 is 1.54 bits per heavy atom. The van der Waals surface area contributed by atoms with Crippen molar-refractivity contribution in [1.82, 2.24) is 0 Å². The molecule has 0 heterocycles. The van der Waals surface area contributed by atoms with Crippen LogP contribution >= 0.6 is 0 Å². The van der Waals surface area contributed by atoms with Crippen molar-refractivity contribution in [3.05, 3.63) is 65.4 Å². The Morgan fingerprint density at radius 1 is 1.00 bits per heavy atom. The van der Waals surface area contributed by atoms with Gasteiger partial charge in [-0.1, -0.05) is 18.2 Å². The first-order valence-electron chi connectivity index (χ1n) is 7.58. The maximum atomic E-state index is 12.7. The molecule has 128 valence electrons. The number of para-hydroxylation sites is 1. The summed E-state index contributed by atoms with van der Waals surface area (Å²) in [6, 6.07) is 15.2. The van der Waals surface area contributed by atoms with Crippen LogP contribution in [-0.2, 0) is 10.0 Å². The summed E-state index contributed by atoms with van der Waals surface area (Å²) in [5, 5.41) is 11.9. The summed E-state index contributed by atoms with van der Waals surface area (Å²) < 4.78 is 27.4. The van der Waals surface area contributed by atoms with Crippen molar-refractivity contribution in [3.63, 3.8) is 0 Å². The van der Waals surface area contributed by atoms with Gasteiger partial charge in [0.1, 0.15) is 0 Å². The van der Waals surface area contributed by atoms with E-state index in [2.05, 4.69) is 0 Å². The molecule has 24 heavy (non-hydrogen) atoms. The molecule has 0 aliphatic heterocycles. The van der Waals surface area contributed by atoms with Gasteiger partial charge in [-0.05, 0) is 36.4 Å². The van der Waals surface area contributed by atoms with Crippen LogP contribution in [0.25, 0.3) is 0 Å². The summed E-state index contributed by atoms with van der Waals surface area (Å²) in [4.78, 5) is 0.180. The van der Waals surface area contributed by atoms with Crippen molar-refractivity contribution in [2.24, 2.45) is 0 Å². The summed E-state index contributed by atoms with van der Waals surface area (Å²) in [5.41, 5.74) is 0.700. The van der Waals surface area contributed by atoms with E-state index in [0.29, 0.717) is 11.3 Å². The summed E-state index contributed by atoms with van der Waals surface area (Å²) in [5.74, 6) is 0. The zero-order valence-electron chi connectivity index (χ0n) is 14.3. The second-order valence-corrected chi connectivity index (χ2v) is 8.47. The molecule has 0 bridgehead atoms. The molecule has 0 aliphatic rings. The molecular weight excluding hydrogens is 324 g/mol. The van der Waals surface area contributed by atoms with Crippen LogP contribution < -0.4 is 4.31 Å². The minimum Gasteiger partial charge on any atom is -0.623 e. The maximum absolute atomic E-state index is 12.7. The van der Waals surface area contributed by atoms with Gasteiger partial charge in [0.2, 0.25) is 0 Å². The van der Waals surface area contributed by atoms with Crippen molar-refractivity contribution >= 4 is 21.9 Å². The van der Waals surface area contributed by atoms with Crippen molar-refractivity contribution in [2.75, 3.05) is 11.4 Å². The van der Waals surface area contributed by atoms with Crippen LogP contribution in [-0.4, -0.2) is 32.0 Å². The maximum Gasteiger partial charge on any atom is 0.264 e. The first-order chi connectivity index (χ1) is 11.1. The SMILES string of the molecule is CN(c1ccccc1)S(=O)(=O)c1ccc(C=[N+]([O-])C(C)(C)C)cc1. The van der Waals surface area contributed by atoms with Crippen LogP contribution in [0.2, 0.25) is 0 Å². The van der Waals surface area contributed by atoms with Gasteiger partial charge in [-0.3, -0.25) is 4.31 Å². The van der Waals surface area contributed by atoms with Crippen molar-refractivity contribution in [3.8, 4) is 0 Å². The Labute approximate surface area is 143 Å². The molecule has 6 heteroatoms. The molecule has 2 aromatic carbocycles. The molecule has 0 aromatic heterocycles. The van der Waals surface area contributed by atoms with Crippen LogP contribution in [0.4, 0.5) is 5.69 Å². The normalized spacial score (nSPS) is 12.9. The zero-order valence-corrected chi connectivity index (χ0v) is 15.1. The van der Waals surface area contributed by atoms with Crippen molar-refractivity contribution in [2.45, 2.75) is 31.2 Å². The summed E-state index contributed by atoms with van der Waals surface area (Å²) in [6.07, 6.45) is 1.46. The Kier molecular flexibility index (Phi) is 4.99. The van der Waals surface area contributed by atoms with E-state index in [1.165, 1.54) is 29.7 Å². The average Bonchev–Trinajstić information content (AvgIpc) is 2.54. The lowest BCUT2D eigenvalue weighted by Gasteiger charge is -2.20. The predicted octanol–water partition coefficient (Wildman–Crippen LogP) is 3.24. The van der Waals surface area contributed by atoms with Gasteiger partial charge in [0.15, 0.2) is 11.8 Å². The molecule has 0 atom stereocenters. The molecule has 5 nitrogen and oxygen atoms in total. The van der Waals surface area contributed by atoms with Gasteiger partial charge >= 0.3 is 0 Å². The quantitative estimate of drug-likeness (QED) is 0.369. The van der Waals surface area contributed by atoms with Gasteiger partial charge in [-0.15, -0.1) is 0 Å². The van der Waals surface area contributed by atoms with E-state index in [4.69, 9.17) is 0 Å². The first-order valence-corrected chi connectivity index (χ1v) is 9.02. The fourth-order valence-corrected chi connectivity index (χ4v) is 3.19. The number of rotatable bonds is 4. The van der Waals surface area contributed by atoms with Crippen LogP contribution in [0.15, 0.2) is 59.5 Å². The lowest BCUT2D eigenvalue weighted by atomic mass is 10.1. The molecule has 0 unspecified atom stereocenters. The van der Waals surface area contributed by atoms with Crippen molar-refractivity contribution < 1.29 is 13.2 Å². The summed E-state index contributed by atoms with van der Waals surface area (Å²) in [6.45, 7) is 5.43. The van der Waals surface area contributed by atoms with E-state index in [-0.39, 0.29) is 4.90 Å². The van der Waals surface area contributed by atoms with Crippen LogP contribution in [0.3, 0.4) is 0 Å². The van der Waals surface area contributed by atoms with E-state index in [0.717, 1.165) is 4.74 Å². The highest BCUT2D eigenvalue weighted by molar-refractivity contribution is 7.92. The Hall–Kier alpha value is -2.34.